The topological polar surface area (TPSA) is 89.9 Å². The van der Waals surface area contributed by atoms with Gasteiger partial charge in [0.15, 0.2) is 11.5 Å². The summed E-state index contributed by atoms with van der Waals surface area (Å²) in [5, 5.41) is 12.0. The molecule has 0 fully saturated rings. The first-order valence-corrected chi connectivity index (χ1v) is 8.54. The van der Waals surface area contributed by atoms with Crippen LogP contribution in [0.15, 0.2) is 33.3 Å². The van der Waals surface area contributed by atoms with Crippen molar-refractivity contribution < 1.29 is 9.32 Å². The number of carbonyl (C=O) groups is 1. The fourth-order valence-electron chi connectivity index (χ4n) is 2.33. The van der Waals surface area contributed by atoms with Crippen LogP contribution >= 0.6 is 15.9 Å². The van der Waals surface area contributed by atoms with E-state index in [9.17, 15) is 4.79 Å². The largest absolute Gasteiger partial charge is 0.337 e. The highest BCUT2D eigenvalue weighted by atomic mass is 79.9. The maximum atomic E-state index is 12.7. The molecule has 0 unspecified atom stereocenters. The zero-order valence-corrected chi connectivity index (χ0v) is 15.7. The van der Waals surface area contributed by atoms with Crippen molar-refractivity contribution in [3.8, 4) is 5.69 Å². The van der Waals surface area contributed by atoms with Gasteiger partial charge in [0.1, 0.15) is 6.54 Å². The molecule has 3 rings (SSSR count). The molecule has 1 aromatic carbocycles. The van der Waals surface area contributed by atoms with E-state index in [0.717, 1.165) is 10.2 Å². The summed E-state index contributed by atoms with van der Waals surface area (Å²) in [7, 11) is 1.66. The number of hydrogen-bond acceptors (Lipinski definition) is 6. The van der Waals surface area contributed by atoms with Crippen LogP contribution in [0.2, 0.25) is 0 Å². The van der Waals surface area contributed by atoms with E-state index in [1.165, 1.54) is 4.90 Å². The van der Waals surface area contributed by atoms with Crippen LogP contribution in [-0.4, -0.2) is 43.0 Å². The standard InChI is InChI=1S/C16H17BrN6O2/c1-4-13-18-14(25-20-13)9-22(3)16(24)15-10(2)23(21-19-15)12-7-5-6-11(17)8-12/h5-8H,4,9H2,1-3H3. The number of aromatic nitrogens is 5. The molecule has 0 saturated heterocycles. The number of carbonyl (C=O) groups excluding carboxylic acids is 1. The van der Waals surface area contributed by atoms with Gasteiger partial charge in [0.05, 0.1) is 11.4 Å². The molecule has 0 spiro atoms. The summed E-state index contributed by atoms with van der Waals surface area (Å²) in [5.41, 5.74) is 1.78. The summed E-state index contributed by atoms with van der Waals surface area (Å²) in [4.78, 5) is 18.4. The van der Waals surface area contributed by atoms with E-state index in [1.54, 1.807) is 11.7 Å². The molecule has 8 nitrogen and oxygen atoms in total. The highest BCUT2D eigenvalue weighted by molar-refractivity contribution is 9.10. The molecular formula is C16H17BrN6O2. The van der Waals surface area contributed by atoms with Crippen molar-refractivity contribution in [1.29, 1.82) is 0 Å². The average molecular weight is 405 g/mol. The molecule has 25 heavy (non-hydrogen) atoms. The van der Waals surface area contributed by atoms with Gasteiger partial charge in [-0.2, -0.15) is 4.98 Å². The van der Waals surface area contributed by atoms with Gasteiger partial charge in [-0.05, 0) is 25.1 Å². The summed E-state index contributed by atoms with van der Waals surface area (Å²) in [6.07, 6.45) is 0.682. The minimum Gasteiger partial charge on any atom is -0.337 e. The van der Waals surface area contributed by atoms with Gasteiger partial charge in [0.25, 0.3) is 5.91 Å². The van der Waals surface area contributed by atoms with Gasteiger partial charge in [-0.15, -0.1) is 5.10 Å². The van der Waals surface area contributed by atoms with Crippen LogP contribution in [0.5, 0.6) is 0 Å². The predicted octanol–water partition coefficient (Wildman–Crippen LogP) is 2.56. The van der Waals surface area contributed by atoms with Gasteiger partial charge in [0.2, 0.25) is 5.89 Å². The van der Waals surface area contributed by atoms with Gasteiger partial charge in [-0.25, -0.2) is 4.68 Å². The van der Waals surface area contributed by atoms with Crippen LogP contribution in [0, 0.1) is 6.92 Å². The maximum absolute atomic E-state index is 12.7. The lowest BCUT2D eigenvalue weighted by atomic mass is 10.2. The SMILES string of the molecule is CCc1noc(CN(C)C(=O)c2nnn(-c3cccc(Br)c3)c2C)n1. The number of rotatable bonds is 5. The Morgan fingerprint density at radius 3 is 2.88 bits per heavy atom. The van der Waals surface area contributed by atoms with Gasteiger partial charge < -0.3 is 9.42 Å². The van der Waals surface area contributed by atoms with Crippen molar-refractivity contribution in [1.82, 2.24) is 30.0 Å². The van der Waals surface area contributed by atoms with Gasteiger partial charge >= 0.3 is 0 Å². The Kier molecular flexibility index (Phi) is 4.93. The third-order valence-electron chi connectivity index (χ3n) is 3.70. The first-order valence-electron chi connectivity index (χ1n) is 7.74. The van der Waals surface area contributed by atoms with E-state index in [0.29, 0.717) is 23.8 Å². The summed E-state index contributed by atoms with van der Waals surface area (Å²) < 4.78 is 7.69. The zero-order valence-electron chi connectivity index (χ0n) is 14.1. The molecule has 0 saturated carbocycles. The molecule has 0 aliphatic carbocycles. The zero-order chi connectivity index (χ0) is 18.0. The van der Waals surface area contributed by atoms with Crippen molar-refractivity contribution in [2.75, 3.05) is 7.05 Å². The highest BCUT2D eigenvalue weighted by Crippen LogP contribution is 2.18. The molecular weight excluding hydrogens is 388 g/mol. The Balaban J connectivity index is 1.80. The normalized spacial score (nSPS) is 10.9. The van der Waals surface area contributed by atoms with E-state index in [1.807, 2.05) is 38.1 Å². The van der Waals surface area contributed by atoms with E-state index < -0.39 is 0 Å². The lowest BCUT2D eigenvalue weighted by Crippen LogP contribution is -2.27. The van der Waals surface area contributed by atoms with Crippen LogP contribution in [0.3, 0.4) is 0 Å². The van der Waals surface area contributed by atoms with Crippen molar-refractivity contribution in [2.45, 2.75) is 26.8 Å². The number of amides is 1. The smallest absolute Gasteiger partial charge is 0.276 e. The minimum atomic E-state index is -0.255. The van der Waals surface area contributed by atoms with E-state index in [2.05, 4.69) is 36.4 Å². The second-order valence-electron chi connectivity index (χ2n) is 5.53. The fraction of sp³-hybridized carbons (Fsp3) is 0.312. The molecule has 0 aliphatic heterocycles. The van der Waals surface area contributed by atoms with Gasteiger partial charge in [-0.3, -0.25) is 4.79 Å². The van der Waals surface area contributed by atoms with Crippen LogP contribution in [0.1, 0.15) is 34.8 Å². The number of halogens is 1. The van der Waals surface area contributed by atoms with Gasteiger partial charge in [0, 0.05) is 17.9 Å². The Bertz CT molecular complexity index is 904. The van der Waals surface area contributed by atoms with E-state index >= 15 is 0 Å². The van der Waals surface area contributed by atoms with Crippen molar-refractivity contribution in [2.24, 2.45) is 0 Å². The molecule has 0 N–H and O–H groups in total. The van der Waals surface area contributed by atoms with Crippen molar-refractivity contribution in [3.63, 3.8) is 0 Å². The molecule has 0 aliphatic rings. The summed E-state index contributed by atoms with van der Waals surface area (Å²) in [6, 6.07) is 7.62. The summed E-state index contributed by atoms with van der Waals surface area (Å²) in [5.74, 6) is 0.757. The molecule has 0 radical (unpaired) electrons. The Morgan fingerprint density at radius 2 is 2.20 bits per heavy atom. The van der Waals surface area contributed by atoms with Crippen molar-refractivity contribution >= 4 is 21.8 Å². The Morgan fingerprint density at radius 1 is 1.40 bits per heavy atom. The van der Waals surface area contributed by atoms with Crippen LogP contribution in [-0.2, 0) is 13.0 Å². The average Bonchev–Trinajstić information content (AvgIpc) is 3.20. The molecule has 3 aromatic rings. The summed E-state index contributed by atoms with van der Waals surface area (Å²) >= 11 is 3.43. The van der Waals surface area contributed by atoms with Crippen LogP contribution < -0.4 is 0 Å². The van der Waals surface area contributed by atoms with Crippen molar-refractivity contribution in [3.05, 3.63) is 51.8 Å². The first-order chi connectivity index (χ1) is 12.0. The lowest BCUT2D eigenvalue weighted by Gasteiger charge is -2.13. The number of aryl methyl sites for hydroxylation is 1. The van der Waals surface area contributed by atoms with Crippen LogP contribution in [0.4, 0.5) is 0 Å². The molecule has 0 atom stereocenters. The second-order valence-corrected chi connectivity index (χ2v) is 6.45. The van der Waals surface area contributed by atoms with E-state index in [-0.39, 0.29) is 18.1 Å². The Labute approximate surface area is 153 Å². The molecule has 130 valence electrons. The van der Waals surface area contributed by atoms with E-state index in [4.69, 9.17) is 4.52 Å². The predicted molar refractivity (Wildman–Crippen MR) is 93.3 cm³/mol. The molecule has 0 bridgehead atoms. The van der Waals surface area contributed by atoms with Crippen LogP contribution in [0.25, 0.3) is 5.69 Å². The number of benzene rings is 1. The van der Waals surface area contributed by atoms with Gasteiger partial charge in [-0.1, -0.05) is 39.3 Å². The first kappa shape index (κ1) is 17.3. The second kappa shape index (κ2) is 7.14. The molecule has 1 amide bonds. The number of hydrogen-bond donors (Lipinski definition) is 0. The Hall–Kier alpha value is -2.55. The fourth-order valence-corrected chi connectivity index (χ4v) is 2.72. The highest BCUT2D eigenvalue weighted by Gasteiger charge is 2.22. The quantitative estimate of drug-likeness (QED) is 0.648. The molecule has 2 heterocycles. The summed E-state index contributed by atoms with van der Waals surface area (Å²) in [6.45, 7) is 3.96. The monoisotopic (exact) mass is 404 g/mol. The number of nitrogens with zero attached hydrogens (tertiary/aromatic N) is 6. The molecule has 9 heteroatoms. The molecule has 2 aromatic heterocycles. The third-order valence-corrected chi connectivity index (χ3v) is 4.19. The third kappa shape index (κ3) is 3.60. The minimum absolute atomic E-state index is 0.217. The lowest BCUT2D eigenvalue weighted by molar-refractivity contribution is 0.0763. The maximum Gasteiger partial charge on any atom is 0.276 e.